The molecular weight excluding hydrogens is 256 g/mol. The molecule has 20 heavy (non-hydrogen) atoms. The standard InChI is InChI=1S/C16H22O4/c1-9-7-13(19-3)10(2)16(20-4)15(9)12(8-14(17)18)11-5-6-11/h7,11-12H,5-6,8H2,1-4H3,(H,17,18). The summed E-state index contributed by atoms with van der Waals surface area (Å²) in [6.45, 7) is 3.95. The Balaban J connectivity index is 2.52. The van der Waals surface area contributed by atoms with Gasteiger partial charge in [0.05, 0.1) is 20.6 Å². The summed E-state index contributed by atoms with van der Waals surface area (Å²) < 4.78 is 10.9. The Morgan fingerprint density at radius 2 is 2.00 bits per heavy atom. The number of aryl methyl sites for hydroxylation is 1. The van der Waals surface area contributed by atoms with E-state index in [0.29, 0.717) is 5.92 Å². The van der Waals surface area contributed by atoms with E-state index in [0.717, 1.165) is 41.0 Å². The van der Waals surface area contributed by atoms with Crippen LogP contribution < -0.4 is 9.47 Å². The monoisotopic (exact) mass is 278 g/mol. The maximum atomic E-state index is 11.2. The van der Waals surface area contributed by atoms with Crippen molar-refractivity contribution in [3.05, 3.63) is 22.8 Å². The lowest BCUT2D eigenvalue weighted by molar-refractivity contribution is -0.137. The highest BCUT2D eigenvalue weighted by atomic mass is 16.5. The topological polar surface area (TPSA) is 55.8 Å². The lowest BCUT2D eigenvalue weighted by Crippen LogP contribution is -2.12. The minimum absolute atomic E-state index is 0.0343. The first-order chi connectivity index (χ1) is 9.49. The summed E-state index contributed by atoms with van der Waals surface area (Å²) in [7, 11) is 3.27. The van der Waals surface area contributed by atoms with Crippen molar-refractivity contribution in [3.8, 4) is 11.5 Å². The van der Waals surface area contributed by atoms with Gasteiger partial charge in [0.15, 0.2) is 0 Å². The first-order valence-corrected chi connectivity index (χ1v) is 6.93. The van der Waals surface area contributed by atoms with Crippen LogP contribution in [0.3, 0.4) is 0 Å². The third-order valence-corrected chi connectivity index (χ3v) is 4.11. The normalized spacial score (nSPS) is 15.8. The third kappa shape index (κ3) is 2.74. The number of methoxy groups -OCH3 is 2. The quantitative estimate of drug-likeness (QED) is 0.867. The molecule has 0 aliphatic heterocycles. The molecule has 2 rings (SSSR count). The molecule has 1 aliphatic carbocycles. The fraction of sp³-hybridized carbons (Fsp3) is 0.562. The molecule has 4 heteroatoms. The fourth-order valence-corrected chi connectivity index (χ4v) is 3.00. The van der Waals surface area contributed by atoms with Gasteiger partial charge in [-0.1, -0.05) is 0 Å². The third-order valence-electron chi connectivity index (χ3n) is 4.11. The van der Waals surface area contributed by atoms with Crippen LogP contribution in [0.4, 0.5) is 0 Å². The lowest BCUT2D eigenvalue weighted by Gasteiger charge is -2.23. The second-order valence-corrected chi connectivity index (χ2v) is 5.51. The number of aliphatic carboxylic acids is 1. The number of carbonyl (C=O) groups is 1. The number of rotatable bonds is 6. The molecule has 0 radical (unpaired) electrons. The average molecular weight is 278 g/mol. The van der Waals surface area contributed by atoms with Crippen LogP contribution in [0.2, 0.25) is 0 Å². The van der Waals surface area contributed by atoms with Gasteiger partial charge in [0.2, 0.25) is 0 Å². The first kappa shape index (κ1) is 14.7. The van der Waals surface area contributed by atoms with Gasteiger partial charge in [-0.15, -0.1) is 0 Å². The lowest BCUT2D eigenvalue weighted by atomic mass is 9.85. The Morgan fingerprint density at radius 1 is 1.35 bits per heavy atom. The Morgan fingerprint density at radius 3 is 2.45 bits per heavy atom. The van der Waals surface area contributed by atoms with Gasteiger partial charge in [0.1, 0.15) is 11.5 Å². The summed E-state index contributed by atoms with van der Waals surface area (Å²) in [5.74, 6) is 1.31. The van der Waals surface area contributed by atoms with Gasteiger partial charge in [-0.3, -0.25) is 4.79 Å². The van der Waals surface area contributed by atoms with Crippen molar-refractivity contribution in [1.29, 1.82) is 0 Å². The van der Waals surface area contributed by atoms with Gasteiger partial charge in [-0.05, 0) is 44.2 Å². The van der Waals surface area contributed by atoms with Crippen molar-refractivity contribution in [2.45, 2.75) is 39.0 Å². The highest BCUT2D eigenvalue weighted by Crippen LogP contribution is 2.50. The molecule has 0 saturated heterocycles. The summed E-state index contributed by atoms with van der Waals surface area (Å²) in [6, 6.07) is 1.98. The van der Waals surface area contributed by atoms with Gasteiger partial charge in [0, 0.05) is 17.0 Å². The Labute approximate surface area is 119 Å². The van der Waals surface area contributed by atoms with E-state index in [2.05, 4.69) is 0 Å². The van der Waals surface area contributed by atoms with Gasteiger partial charge in [-0.2, -0.15) is 0 Å². The number of benzene rings is 1. The van der Waals surface area contributed by atoms with Crippen molar-refractivity contribution in [1.82, 2.24) is 0 Å². The van der Waals surface area contributed by atoms with E-state index in [1.165, 1.54) is 0 Å². The minimum atomic E-state index is -0.753. The molecule has 1 aromatic carbocycles. The van der Waals surface area contributed by atoms with Crippen molar-refractivity contribution < 1.29 is 19.4 Å². The number of hydrogen-bond donors (Lipinski definition) is 1. The zero-order valence-electron chi connectivity index (χ0n) is 12.5. The zero-order chi connectivity index (χ0) is 14.9. The van der Waals surface area contributed by atoms with E-state index in [9.17, 15) is 9.90 Å². The largest absolute Gasteiger partial charge is 0.496 e. The molecule has 110 valence electrons. The van der Waals surface area contributed by atoms with E-state index in [4.69, 9.17) is 9.47 Å². The van der Waals surface area contributed by atoms with Gasteiger partial charge in [-0.25, -0.2) is 0 Å². The number of hydrogen-bond acceptors (Lipinski definition) is 3. The van der Waals surface area contributed by atoms with Crippen LogP contribution >= 0.6 is 0 Å². The van der Waals surface area contributed by atoms with E-state index in [1.54, 1.807) is 14.2 Å². The SMILES string of the molecule is COc1cc(C)c(C(CC(=O)O)C2CC2)c(OC)c1C. The van der Waals surface area contributed by atoms with Crippen LogP contribution in [0.25, 0.3) is 0 Å². The van der Waals surface area contributed by atoms with E-state index >= 15 is 0 Å². The molecule has 0 bridgehead atoms. The van der Waals surface area contributed by atoms with Gasteiger partial charge >= 0.3 is 5.97 Å². The van der Waals surface area contributed by atoms with Crippen molar-refractivity contribution >= 4 is 5.97 Å². The molecule has 1 N–H and O–H groups in total. The molecule has 1 atom stereocenters. The van der Waals surface area contributed by atoms with Crippen LogP contribution in [0.1, 0.15) is 41.9 Å². The zero-order valence-corrected chi connectivity index (χ0v) is 12.5. The number of ether oxygens (including phenoxy) is 2. The van der Waals surface area contributed by atoms with Gasteiger partial charge in [0.25, 0.3) is 0 Å². The molecule has 1 aliphatic rings. The second-order valence-electron chi connectivity index (χ2n) is 5.51. The smallest absolute Gasteiger partial charge is 0.303 e. The highest BCUT2D eigenvalue weighted by Gasteiger charge is 2.37. The maximum Gasteiger partial charge on any atom is 0.303 e. The van der Waals surface area contributed by atoms with E-state index < -0.39 is 5.97 Å². The summed E-state index contributed by atoms with van der Waals surface area (Å²) in [5.41, 5.74) is 3.02. The Bertz CT molecular complexity index is 518. The van der Waals surface area contributed by atoms with Crippen molar-refractivity contribution in [2.24, 2.45) is 5.92 Å². The maximum absolute atomic E-state index is 11.2. The van der Waals surface area contributed by atoms with Crippen LogP contribution in [0.15, 0.2) is 6.07 Å². The molecule has 4 nitrogen and oxygen atoms in total. The first-order valence-electron chi connectivity index (χ1n) is 6.93. The molecule has 1 aromatic rings. The van der Waals surface area contributed by atoms with Crippen LogP contribution in [0, 0.1) is 19.8 Å². The molecule has 0 amide bonds. The van der Waals surface area contributed by atoms with Crippen molar-refractivity contribution in [3.63, 3.8) is 0 Å². The Hall–Kier alpha value is -1.71. The summed E-state index contributed by atoms with van der Waals surface area (Å²) in [6.07, 6.45) is 2.37. The van der Waals surface area contributed by atoms with Crippen LogP contribution in [-0.4, -0.2) is 25.3 Å². The summed E-state index contributed by atoms with van der Waals surface area (Å²) in [4.78, 5) is 11.2. The molecule has 1 fully saturated rings. The van der Waals surface area contributed by atoms with Crippen LogP contribution in [0.5, 0.6) is 11.5 Å². The molecule has 1 unspecified atom stereocenters. The molecular formula is C16H22O4. The fourth-order valence-electron chi connectivity index (χ4n) is 3.00. The number of carboxylic acids is 1. The van der Waals surface area contributed by atoms with E-state index in [-0.39, 0.29) is 12.3 Å². The Kier molecular flexibility index (Phi) is 4.21. The minimum Gasteiger partial charge on any atom is -0.496 e. The van der Waals surface area contributed by atoms with E-state index in [1.807, 2.05) is 19.9 Å². The predicted molar refractivity (Wildman–Crippen MR) is 76.7 cm³/mol. The average Bonchev–Trinajstić information content (AvgIpc) is 3.22. The molecule has 0 aromatic heterocycles. The number of carboxylic acid groups (broad SMARTS) is 1. The second kappa shape index (κ2) is 5.73. The van der Waals surface area contributed by atoms with Crippen LogP contribution in [-0.2, 0) is 4.79 Å². The van der Waals surface area contributed by atoms with Gasteiger partial charge < -0.3 is 14.6 Å². The predicted octanol–water partition coefficient (Wildman–Crippen LogP) is 3.29. The van der Waals surface area contributed by atoms with Crippen molar-refractivity contribution in [2.75, 3.05) is 14.2 Å². The summed E-state index contributed by atoms with van der Waals surface area (Å²) in [5, 5.41) is 9.18. The molecule has 1 saturated carbocycles. The molecule has 0 heterocycles. The molecule has 0 spiro atoms. The summed E-state index contributed by atoms with van der Waals surface area (Å²) >= 11 is 0. The highest BCUT2D eigenvalue weighted by molar-refractivity contribution is 5.69.